The Labute approximate surface area is 226 Å². The fourth-order valence-electron chi connectivity index (χ4n) is 5.05. The van der Waals surface area contributed by atoms with Crippen molar-refractivity contribution in [3.63, 3.8) is 0 Å². The number of carboxylic acid groups (broad SMARTS) is 1. The maximum atomic E-state index is 14.9. The summed E-state index contributed by atoms with van der Waals surface area (Å²) in [6.07, 6.45) is 4.26. The highest BCUT2D eigenvalue weighted by Gasteiger charge is 2.30. The van der Waals surface area contributed by atoms with Crippen molar-refractivity contribution in [3.8, 4) is 11.1 Å². The van der Waals surface area contributed by atoms with E-state index in [0.29, 0.717) is 45.0 Å². The molecule has 1 saturated heterocycles. The summed E-state index contributed by atoms with van der Waals surface area (Å²) < 4.78 is 15.6. The number of aromatic carboxylic acids is 1. The van der Waals surface area contributed by atoms with Gasteiger partial charge in [0.2, 0.25) is 5.43 Å². The number of carboxylic acids is 1. The number of hydrogen-bond donors (Lipinski definition) is 2. The number of halogens is 2. The Balaban J connectivity index is 1.34. The normalized spacial score (nSPS) is 15.3. The minimum absolute atomic E-state index is 0.000466. The monoisotopic (exact) mass is 610 g/mol. The molecule has 0 bridgehead atoms. The first-order valence-corrected chi connectivity index (χ1v) is 13.1. The summed E-state index contributed by atoms with van der Waals surface area (Å²) >= 11 is 2.10. The van der Waals surface area contributed by atoms with Crippen LogP contribution in [0.3, 0.4) is 0 Å². The highest BCUT2D eigenvalue weighted by molar-refractivity contribution is 14.1. The van der Waals surface area contributed by atoms with Crippen LogP contribution in [0.2, 0.25) is 0 Å². The summed E-state index contributed by atoms with van der Waals surface area (Å²) in [5, 5.41) is 9.68. The van der Waals surface area contributed by atoms with Gasteiger partial charge in [-0.2, -0.15) is 0 Å². The number of benzene rings is 3. The molecule has 1 aromatic heterocycles. The molecule has 1 aliphatic heterocycles. The van der Waals surface area contributed by atoms with E-state index in [9.17, 15) is 23.9 Å². The number of fused-ring (bicyclic) bond motifs is 1. The molecule has 0 aliphatic carbocycles. The third-order valence-corrected chi connectivity index (χ3v) is 8.21. The molecule has 37 heavy (non-hydrogen) atoms. The van der Waals surface area contributed by atoms with Gasteiger partial charge < -0.3 is 15.0 Å². The summed E-state index contributed by atoms with van der Waals surface area (Å²) in [6.45, 7) is 0.613. The van der Waals surface area contributed by atoms with Gasteiger partial charge in [0.25, 0.3) is 5.91 Å². The van der Waals surface area contributed by atoms with Crippen molar-refractivity contribution in [2.75, 3.05) is 6.54 Å². The van der Waals surface area contributed by atoms with Crippen LogP contribution in [0.5, 0.6) is 0 Å². The lowest BCUT2D eigenvalue weighted by atomic mass is 10.00. The summed E-state index contributed by atoms with van der Waals surface area (Å²) in [6, 6.07) is 17.6. The van der Waals surface area contributed by atoms with E-state index in [2.05, 4.69) is 27.6 Å². The molecule has 188 valence electrons. The molecule has 2 N–H and O–H groups in total. The first-order chi connectivity index (χ1) is 17.8. The van der Waals surface area contributed by atoms with Crippen LogP contribution in [0.15, 0.2) is 71.7 Å². The Kier molecular flexibility index (Phi) is 7.10. The third-order valence-electron chi connectivity index (χ3n) is 6.98. The molecule has 1 atom stereocenters. The number of nitrogens with zero attached hydrogens (tertiary/aromatic N) is 1. The van der Waals surface area contributed by atoms with Crippen LogP contribution in [0.1, 0.15) is 45.5 Å². The zero-order valence-corrected chi connectivity index (χ0v) is 22.0. The zero-order chi connectivity index (χ0) is 26.1. The number of carbonyl (C=O) groups excluding carboxylic acids is 1. The molecule has 1 aliphatic rings. The number of aromatic amines is 1. The van der Waals surface area contributed by atoms with Crippen molar-refractivity contribution >= 4 is 45.4 Å². The summed E-state index contributed by atoms with van der Waals surface area (Å²) in [5.41, 5.74) is 2.27. The van der Waals surface area contributed by atoms with E-state index in [4.69, 9.17) is 0 Å². The van der Waals surface area contributed by atoms with Crippen LogP contribution in [0.4, 0.5) is 4.39 Å². The van der Waals surface area contributed by atoms with Crippen LogP contribution >= 0.6 is 22.6 Å². The standard InChI is InChI=1S/C29H24FIN2O4/c30-23-15-19(9-12-21(23)17-5-2-1-3-6-17)28(35)33-14-4-7-20(33)11-8-18-10-13-24-25(26(18)31)27(34)22(16-32-24)29(36)37/h1-3,5-6,9-10,12-13,15-16,20H,4,7-8,11,14H2,(H,32,34)(H,36,37). The van der Waals surface area contributed by atoms with E-state index in [1.807, 2.05) is 41.3 Å². The Morgan fingerprint density at radius 2 is 1.89 bits per heavy atom. The van der Waals surface area contributed by atoms with E-state index in [1.54, 1.807) is 18.2 Å². The lowest BCUT2D eigenvalue weighted by Crippen LogP contribution is -2.36. The molecule has 5 rings (SSSR count). The second-order valence-corrected chi connectivity index (χ2v) is 10.3. The van der Waals surface area contributed by atoms with Gasteiger partial charge in [-0.3, -0.25) is 9.59 Å². The van der Waals surface area contributed by atoms with Crippen LogP contribution in [0, 0.1) is 9.39 Å². The maximum absolute atomic E-state index is 14.9. The molecule has 0 radical (unpaired) electrons. The van der Waals surface area contributed by atoms with Crippen LogP contribution in [0.25, 0.3) is 22.0 Å². The number of likely N-dealkylation sites (tertiary alicyclic amines) is 1. The molecule has 1 unspecified atom stereocenters. The van der Waals surface area contributed by atoms with Crippen molar-refractivity contribution in [1.82, 2.24) is 9.88 Å². The Morgan fingerprint density at radius 1 is 1.11 bits per heavy atom. The molecule has 0 spiro atoms. The minimum atomic E-state index is -1.27. The van der Waals surface area contributed by atoms with E-state index in [-0.39, 0.29) is 17.5 Å². The zero-order valence-electron chi connectivity index (χ0n) is 19.8. The Bertz CT molecular complexity index is 1570. The number of amides is 1. The topological polar surface area (TPSA) is 90.5 Å². The summed E-state index contributed by atoms with van der Waals surface area (Å²) in [4.78, 5) is 42.2. The number of carbonyl (C=O) groups is 2. The molecule has 0 saturated carbocycles. The van der Waals surface area contributed by atoms with Gasteiger partial charge in [0, 0.05) is 33.5 Å². The van der Waals surface area contributed by atoms with Crippen molar-refractivity contribution < 1.29 is 19.1 Å². The van der Waals surface area contributed by atoms with E-state index >= 15 is 0 Å². The maximum Gasteiger partial charge on any atom is 0.341 e. The molecular weight excluding hydrogens is 586 g/mol. The van der Waals surface area contributed by atoms with Crippen LogP contribution in [-0.4, -0.2) is 39.5 Å². The number of hydrogen-bond acceptors (Lipinski definition) is 3. The van der Waals surface area contributed by atoms with Gasteiger partial charge in [0.1, 0.15) is 11.4 Å². The second kappa shape index (κ2) is 10.5. The van der Waals surface area contributed by atoms with Gasteiger partial charge >= 0.3 is 5.97 Å². The van der Waals surface area contributed by atoms with E-state index in [0.717, 1.165) is 24.0 Å². The van der Waals surface area contributed by atoms with E-state index < -0.39 is 17.2 Å². The van der Waals surface area contributed by atoms with Gasteiger partial charge in [-0.25, -0.2) is 9.18 Å². The van der Waals surface area contributed by atoms with Crippen molar-refractivity contribution in [1.29, 1.82) is 0 Å². The Morgan fingerprint density at radius 3 is 2.62 bits per heavy atom. The lowest BCUT2D eigenvalue weighted by Gasteiger charge is -2.25. The minimum Gasteiger partial charge on any atom is -0.477 e. The van der Waals surface area contributed by atoms with Gasteiger partial charge in [-0.05, 0) is 77.6 Å². The molecule has 1 amide bonds. The molecule has 8 heteroatoms. The SMILES string of the molecule is O=C(O)c1c[nH]c2ccc(CCC3CCCN3C(=O)c3ccc(-c4ccccc4)c(F)c3)c(I)c2c1=O. The van der Waals surface area contributed by atoms with E-state index in [1.165, 1.54) is 12.3 Å². The molecular formula is C29H24FIN2O4. The largest absolute Gasteiger partial charge is 0.477 e. The first kappa shape index (κ1) is 25.1. The van der Waals surface area contributed by atoms with Crippen molar-refractivity contribution in [2.45, 2.75) is 31.7 Å². The van der Waals surface area contributed by atoms with Gasteiger partial charge in [-0.15, -0.1) is 0 Å². The highest BCUT2D eigenvalue weighted by Crippen LogP contribution is 2.29. The lowest BCUT2D eigenvalue weighted by molar-refractivity contribution is 0.0693. The van der Waals surface area contributed by atoms with Crippen molar-refractivity contribution in [2.24, 2.45) is 0 Å². The average molecular weight is 610 g/mol. The number of nitrogens with one attached hydrogen (secondary N) is 1. The third kappa shape index (κ3) is 4.90. The van der Waals surface area contributed by atoms with Gasteiger partial charge in [0.15, 0.2) is 0 Å². The second-order valence-electron chi connectivity index (χ2n) is 9.19. The number of aromatic nitrogens is 1. The molecule has 1 fully saturated rings. The number of rotatable bonds is 6. The van der Waals surface area contributed by atoms with Crippen molar-refractivity contribution in [3.05, 3.63) is 103 Å². The van der Waals surface area contributed by atoms with Gasteiger partial charge in [-0.1, -0.05) is 42.5 Å². The summed E-state index contributed by atoms with van der Waals surface area (Å²) in [7, 11) is 0. The summed E-state index contributed by atoms with van der Waals surface area (Å²) in [5.74, 6) is -1.88. The van der Waals surface area contributed by atoms with Crippen LogP contribution in [-0.2, 0) is 6.42 Å². The predicted molar refractivity (Wildman–Crippen MR) is 148 cm³/mol. The smallest absolute Gasteiger partial charge is 0.341 e. The highest BCUT2D eigenvalue weighted by atomic mass is 127. The number of H-pyrrole nitrogens is 1. The fraction of sp³-hybridized carbons (Fsp3) is 0.207. The molecule has 2 heterocycles. The molecule has 6 nitrogen and oxygen atoms in total. The quantitative estimate of drug-likeness (QED) is 0.267. The molecule has 3 aromatic carbocycles. The number of aryl methyl sites for hydroxylation is 1. The average Bonchev–Trinajstić information content (AvgIpc) is 3.36. The fourth-order valence-corrected chi connectivity index (χ4v) is 6.04. The first-order valence-electron chi connectivity index (χ1n) is 12.1. The predicted octanol–water partition coefficient (Wildman–Crippen LogP) is 5.87. The Hall–Kier alpha value is -3.53. The number of pyridine rings is 1. The van der Waals surface area contributed by atoms with Gasteiger partial charge in [0.05, 0.1) is 10.9 Å². The van der Waals surface area contributed by atoms with Crippen LogP contribution < -0.4 is 5.43 Å². The molecule has 4 aromatic rings.